The number of nitrogens with zero attached hydrogens (tertiary/aromatic N) is 7. The summed E-state index contributed by atoms with van der Waals surface area (Å²) in [6.07, 6.45) is 1.85. The normalized spacial score (nSPS) is 25.9. The van der Waals surface area contributed by atoms with Crippen molar-refractivity contribution in [1.29, 1.82) is 0 Å². The van der Waals surface area contributed by atoms with Crippen LogP contribution in [0.1, 0.15) is 163 Å². The van der Waals surface area contributed by atoms with Crippen LogP contribution >= 0.6 is 0 Å². The SMILES string of the molecule is CC[C@H](C)[C@@H]1NC(=O)[C@@H]2CCCCN2C(=O)C[C@@H](C)NC(=O)[C@H](CC(C)C)N(C)C(=O)C(C)(C)NC(=O)[C@H](CC(C)C)N(C)C(=O)[C@H](CCc2ccc(C(F)(F)F)cc2)NC(=O)CN(C)C(=O)[C@H](CC2CCCCC2)N(C)C(=O)CN(C)C(=O)CN(C)C1=O. The molecule has 1 aliphatic carbocycles. The fraction of sp³-hybridized carbons (Fsp3) is 0.734. The highest BCUT2D eigenvalue weighted by molar-refractivity contribution is 5.98. The van der Waals surface area contributed by atoms with Gasteiger partial charge < -0.3 is 55.6 Å². The van der Waals surface area contributed by atoms with E-state index in [0.717, 1.165) is 58.9 Å². The summed E-state index contributed by atoms with van der Waals surface area (Å²) in [4.78, 5) is 167. The predicted molar refractivity (Wildman–Crippen MR) is 330 cm³/mol. The van der Waals surface area contributed by atoms with Crippen LogP contribution in [0, 0.1) is 23.7 Å². The molecule has 3 aliphatic rings. The fourth-order valence-corrected chi connectivity index (χ4v) is 12.0. The molecule has 0 aromatic heterocycles. The van der Waals surface area contributed by atoms with Crippen molar-refractivity contribution in [2.75, 3.05) is 68.5 Å². The average Bonchev–Trinajstić information content (AvgIpc) is 2.44. The van der Waals surface area contributed by atoms with Crippen molar-refractivity contribution in [3.05, 3.63) is 35.4 Å². The molecule has 0 spiro atoms. The average molecular weight is 1260 g/mol. The number of halogens is 3. The van der Waals surface area contributed by atoms with Crippen molar-refractivity contribution in [3.63, 3.8) is 0 Å². The molecule has 0 bridgehead atoms. The Morgan fingerprint density at radius 3 is 1.73 bits per heavy atom. The van der Waals surface area contributed by atoms with Gasteiger partial charge >= 0.3 is 6.18 Å². The first kappa shape index (κ1) is 74.6. The van der Waals surface area contributed by atoms with Crippen molar-refractivity contribution in [2.45, 2.75) is 213 Å². The lowest BCUT2D eigenvalue weighted by atomic mass is 9.84. The van der Waals surface area contributed by atoms with Gasteiger partial charge in [0.15, 0.2) is 0 Å². The molecule has 2 saturated heterocycles. The van der Waals surface area contributed by atoms with Crippen molar-refractivity contribution in [1.82, 2.24) is 55.6 Å². The quantitative estimate of drug-likeness (QED) is 0.235. The van der Waals surface area contributed by atoms with Crippen LogP contribution in [-0.4, -0.2) is 216 Å². The maximum atomic E-state index is 14.9. The highest BCUT2D eigenvalue weighted by Gasteiger charge is 2.43. The molecule has 4 rings (SSSR count). The maximum absolute atomic E-state index is 14.9. The van der Waals surface area contributed by atoms with Crippen LogP contribution in [-0.2, 0) is 65.3 Å². The minimum absolute atomic E-state index is 0.0117. The van der Waals surface area contributed by atoms with E-state index in [4.69, 9.17) is 0 Å². The summed E-state index contributed by atoms with van der Waals surface area (Å²) in [6, 6.07) is -3.39. The van der Waals surface area contributed by atoms with E-state index >= 15 is 0 Å². The Morgan fingerprint density at radius 2 is 1.16 bits per heavy atom. The highest BCUT2D eigenvalue weighted by Crippen LogP contribution is 2.31. The number of rotatable bonds is 11. The van der Waals surface area contributed by atoms with Crippen LogP contribution in [0.2, 0.25) is 0 Å². The minimum atomic E-state index is -4.61. The molecule has 0 radical (unpaired) electrons. The minimum Gasteiger partial charge on any atom is -0.351 e. The smallest absolute Gasteiger partial charge is 0.351 e. The van der Waals surface area contributed by atoms with Crippen LogP contribution in [0.5, 0.6) is 0 Å². The number of carbonyl (C=O) groups excluding carboxylic acids is 11. The summed E-state index contributed by atoms with van der Waals surface area (Å²) in [7, 11) is 8.41. The Balaban J connectivity index is 1.80. The molecule has 500 valence electrons. The largest absolute Gasteiger partial charge is 0.416 e. The molecule has 4 N–H and O–H groups in total. The second-order valence-electron chi connectivity index (χ2n) is 26.6. The van der Waals surface area contributed by atoms with Gasteiger partial charge in [-0.1, -0.05) is 92.2 Å². The highest BCUT2D eigenvalue weighted by atomic mass is 19.4. The molecule has 1 aromatic carbocycles. The number of alkyl halides is 3. The lowest BCUT2D eigenvalue weighted by molar-refractivity contribution is -0.149. The molecule has 3 fully saturated rings. The zero-order valence-corrected chi connectivity index (χ0v) is 55.4. The lowest BCUT2D eigenvalue weighted by Gasteiger charge is -2.38. The molecule has 89 heavy (non-hydrogen) atoms. The molecule has 11 amide bonds. The zero-order chi connectivity index (χ0) is 67.0. The van der Waals surface area contributed by atoms with E-state index in [1.54, 1.807) is 13.8 Å². The second kappa shape index (κ2) is 33.3. The van der Waals surface area contributed by atoms with Gasteiger partial charge in [0.25, 0.3) is 0 Å². The Labute approximate surface area is 524 Å². The number of benzene rings is 1. The van der Waals surface area contributed by atoms with E-state index < -0.39 is 150 Å². The van der Waals surface area contributed by atoms with E-state index in [1.807, 2.05) is 34.6 Å². The first-order valence-electron chi connectivity index (χ1n) is 31.7. The third kappa shape index (κ3) is 21.4. The van der Waals surface area contributed by atoms with Crippen LogP contribution in [0.15, 0.2) is 24.3 Å². The third-order valence-electron chi connectivity index (χ3n) is 17.7. The molecule has 25 heteroatoms. The third-order valence-corrected chi connectivity index (χ3v) is 17.7. The van der Waals surface area contributed by atoms with E-state index in [0.29, 0.717) is 31.2 Å². The standard InChI is InChI=1S/C64H102F3N11O11/c1-16-41(6)55-61(88)74(12)37-53(81)72(10)38-54(82)75(13)50(35-44-22-18-17-19-23-44)60(87)73(11)36-51(79)69-46(30-27-43-25-28-45(29-26-43)64(65,66)67)59(86)76(14)49(33-40(4)5)58(85)71-63(8,9)62(89)77(15)48(32-39(2)3)57(84)68-42(7)34-52(80)78-31-21-20-24-47(78)56(83)70-55/h25-26,28-29,39-42,44,46-50,55H,16-24,27,30-38H2,1-15H3,(H,68,84)(H,69,79)(H,70,83)(H,71,85)/t41-,42+,46-,47-,48-,49-,50-,55-/m0/s1. The summed E-state index contributed by atoms with van der Waals surface area (Å²) in [5.74, 6) is -7.68. The molecular weight excluding hydrogens is 1160 g/mol. The van der Waals surface area contributed by atoms with E-state index in [9.17, 15) is 65.9 Å². The number of hydrogen-bond acceptors (Lipinski definition) is 11. The number of likely N-dealkylation sites (N-methyl/N-ethyl adjacent to an activating group) is 6. The maximum Gasteiger partial charge on any atom is 0.416 e. The van der Waals surface area contributed by atoms with Gasteiger partial charge in [0.05, 0.1) is 25.2 Å². The molecule has 8 atom stereocenters. The van der Waals surface area contributed by atoms with Crippen molar-refractivity contribution >= 4 is 65.0 Å². The molecular formula is C64H102F3N11O11. The zero-order valence-electron chi connectivity index (χ0n) is 55.4. The number of carbonyl (C=O) groups is 11. The topological polar surface area (TPSA) is 259 Å². The second-order valence-corrected chi connectivity index (χ2v) is 26.6. The van der Waals surface area contributed by atoms with Gasteiger partial charge in [-0.05, 0) is 114 Å². The van der Waals surface area contributed by atoms with Crippen molar-refractivity contribution < 1.29 is 65.9 Å². The lowest BCUT2D eigenvalue weighted by Crippen LogP contribution is -2.63. The van der Waals surface area contributed by atoms with E-state index in [1.165, 1.54) is 87.9 Å². The Bertz CT molecular complexity index is 2650. The summed E-state index contributed by atoms with van der Waals surface area (Å²) in [5.41, 5.74) is -2.19. The number of nitrogens with one attached hydrogen (secondary N) is 4. The molecule has 22 nitrogen and oxygen atoms in total. The van der Waals surface area contributed by atoms with Crippen LogP contribution < -0.4 is 21.3 Å². The van der Waals surface area contributed by atoms with Gasteiger partial charge in [-0.3, -0.25) is 52.7 Å². The number of amides is 11. The summed E-state index contributed by atoms with van der Waals surface area (Å²) >= 11 is 0. The monoisotopic (exact) mass is 1260 g/mol. The van der Waals surface area contributed by atoms with Gasteiger partial charge in [0.1, 0.15) is 41.8 Å². The van der Waals surface area contributed by atoms with Gasteiger partial charge in [0.2, 0.25) is 65.0 Å². The van der Waals surface area contributed by atoms with Crippen LogP contribution in [0.4, 0.5) is 13.2 Å². The van der Waals surface area contributed by atoms with Gasteiger partial charge in [-0.25, -0.2) is 0 Å². The number of aryl methyl sites for hydroxylation is 1. The Morgan fingerprint density at radius 1 is 0.596 bits per heavy atom. The fourth-order valence-electron chi connectivity index (χ4n) is 12.0. The summed E-state index contributed by atoms with van der Waals surface area (Å²) < 4.78 is 40.8. The van der Waals surface area contributed by atoms with Gasteiger partial charge in [-0.2, -0.15) is 13.2 Å². The van der Waals surface area contributed by atoms with Crippen LogP contribution in [0.3, 0.4) is 0 Å². The molecule has 2 aliphatic heterocycles. The van der Waals surface area contributed by atoms with Gasteiger partial charge in [0, 0.05) is 61.3 Å². The first-order valence-corrected chi connectivity index (χ1v) is 31.7. The number of hydrogen-bond donors (Lipinski definition) is 4. The Hall–Kier alpha value is -6.82. The van der Waals surface area contributed by atoms with Crippen molar-refractivity contribution in [2.24, 2.45) is 23.7 Å². The first-order chi connectivity index (χ1) is 41.5. The number of piperidine rings is 1. The molecule has 1 aromatic rings. The molecule has 1 saturated carbocycles. The molecule has 2 heterocycles. The summed E-state index contributed by atoms with van der Waals surface area (Å²) in [6.45, 7) is 14.2. The molecule has 0 unspecified atom stereocenters. The van der Waals surface area contributed by atoms with Crippen molar-refractivity contribution in [3.8, 4) is 0 Å². The van der Waals surface area contributed by atoms with Crippen LogP contribution in [0.25, 0.3) is 0 Å². The number of fused-ring (bicyclic) bond motifs is 1. The predicted octanol–water partition coefficient (Wildman–Crippen LogP) is 4.76. The summed E-state index contributed by atoms with van der Waals surface area (Å²) in [5, 5.41) is 11.3. The Kier molecular flexibility index (Phi) is 27.9. The van der Waals surface area contributed by atoms with E-state index in [-0.39, 0.29) is 62.8 Å². The van der Waals surface area contributed by atoms with Gasteiger partial charge in [-0.15, -0.1) is 0 Å². The van der Waals surface area contributed by atoms with E-state index in [2.05, 4.69) is 21.3 Å².